The molecule has 112 valence electrons. The molecule has 0 amide bonds. The maximum Gasteiger partial charge on any atom is 0.160 e. The first-order valence-corrected chi connectivity index (χ1v) is 6.79. The molecule has 0 unspecified atom stereocenters. The third kappa shape index (κ3) is 2.98. The Kier molecular flexibility index (Phi) is 3.86. The average molecular weight is 296 g/mol. The highest BCUT2D eigenvalue weighted by Crippen LogP contribution is 2.26. The van der Waals surface area contributed by atoms with Crippen molar-refractivity contribution in [2.24, 2.45) is 0 Å². The summed E-state index contributed by atoms with van der Waals surface area (Å²) in [5.74, 6) is 2.57. The lowest BCUT2D eigenvalue weighted by atomic mass is 10.3. The smallest absolute Gasteiger partial charge is 0.160 e. The van der Waals surface area contributed by atoms with E-state index in [2.05, 4.69) is 25.6 Å². The van der Waals surface area contributed by atoms with Crippen molar-refractivity contribution in [3.8, 4) is 0 Å². The molecule has 0 saturated carbocycles. The summed E-state index contributed by atoms with van der Waals surface area (Å²) >= 11 is 0. The number of pyridine rings is 1. The van der Waals surface area contributed by atoms with Gasteiger partial charge in [0.05, 0.1) is 12.8 Å². The summed E-state index contributed by atoms with van der Waals surface area (Å²) in [4.78, 5) is 12.6. The van der Waals surface area contributed by atoms with E-state index in [4.69, 9.17) is 10.2 Å². The van der Waals surface area contributed by atoms with E-state index in [1.54, 1.807) is 12.5 Å². The molecule has 3 aromatic heterocycles. The summed E-state index contributed by atoms with van der Waals surface area (Å²) in [6, 6.07) is 7.54. The van der Waals surface area contributed by atoms with E-state index in [-0.39, 0.29) is 0 Å². The Labute approximate surface area is 127 Å². The Morgan fingerprint density at radius 3 is 2.73 bits per heavy atom. The van der Waals surface area contributed by atoms with Gasteiger partial charge < -0.3 is 20.8 Å². The molecule has 0 fully saturated rings. The standard InChI is InChI=1S/C15H16N6O/c1-10-4-2-6-17-13(10)21-15-12(16)14(19-9-20-15)18-8-11-5-3-7-22-11/h2-7,9H,8,16H2,1H3,(H2,17,18,19,20,21). The fourth-order valence-electron chi connectivity index (χ4n) is 1.95. The highest BCUT2D eigenvalue weighted by atomic mass is 16.3. The van der Waals surface area contributed by atoms with Crippen LogP contribution in [0.3, 0.4) is 0 Å². The van der Waals surface area contributed by atoms with Gasteiger partial charge in [0.2, 0.25) is 0 Å². The van der Waals surface area contributed by atoms with Gasteiger partial charge >= 0.3 is 0 Å². The molecule has 0 aromatic carbocycles. The summed E-state index contributed by atoms with van der Waals surface area (Å²) in [5.41, 5.74) is 7.55. The summed E-state index contributed by atoms with van der Waals surface area (Å²) in [5, 5.41) is 6.25. The van der Waals surface area contributed by atoms with Gasteiger partial charge in [-0.2, -0.15) is 0 Å². The molecule has 0 atom stereocenters. The minimum Gasteiger partial charge on any atom is -0.467 e. The van der Waals surface area contributed by atoms with Crippen LogP contribution in [0.2, 0.25) is 0 Å². The molecule has 3 heterocycles. The van der Waals surface area contributed by atoms with Gasteiger partial charge in [-0.15, -0.1) is 0 Å². The predicted molar refractivity (Wildman–Crippen MR) is 84.7 cm³/mol. The van der Waals surface area contributed by atoms with Crippen LogP contribution in [0.5, 0.6) is 0 Å². The first-order valence-electron chi connectivity index (χ1n) is 6.79. The van der Waals surface area contributed by atoms with Crippen LogP contribution < -0.4 is 16.4 Å². The molecule has 0 bridgehead atoms. The lowest BCUT2D eigenvalue weighted by Gasteiger charge is -2.12. The maximum atomic E-state index is 6.11. The van der Waals surface area contributed by atoms with Crippen LogP contribution in [0.25, 0.3) is 0 Å². The lowest BCUT2D eigenvalue weighted by Crippen LogP contribution is -2.08. The van der Waals surface area contributed by atoms with Crippen molar-refractivity contribution in [1.82, 2.24) is 15.0 Å². The third-order valence-corrected chi connectivity index (χ3v) is 3.14. The third-order valence-electron chi connectivity index (χ3n) is 3.14. The van der Waals surface area contributed by atoms with Crippen molar-refractivity contribution < 1.29 is 4.42 Å². The van der Waals surface area contributed by atoms with Crippen molar-refractivity contribution in [2.75, 3.05) is 16.4 Å². The van der Waals surface area contributed by atoms with Crippen molar-refractivity contribution >= 4 is 23.1 Å². The topological polar surface area (TPSA) is 102 Å². The van der Waals surface area contributed by atoms with Crippen LogP contribution in [0.1, 0.15) is 11.3 Å². The van der Waals surface area contributed by atoms with E-state index in [1.165, 1.54) is 6.33 Å². The number of aromatic nitrogens is 3. The Morgan fingerprint density at radius 2 is 1.95 bits per heavy atom. The fourth-order valence-corrected chi connectivity index (χ4v) is 1.95. The Morgan fingerprint density at radius 1 is 1.09 bits per heavy atom. The molecule has 0 saturated heterocycles. The number of rotatable bonds is 5. The number of nitrogen functional groups attached to an aromatic ring is 1. The molecule has 0 aliphatic rings. The Balaban J connectivity index is 1.78. The zero-order valence-electron chi connectivity index (χ0n) is 12.1. The number of hydrogen-bond donors (Lipinski definition) is 3. The molecule has 7 nitrogen and oxygen atoms in total. The van der Waals surface area contributed by atoms with Crippen LogP contribution in [0.15, 0.2) is 47.5 Å². The van der Waals surface area contributed by atoms with Crippen molar-refractivity contribution in [1.29, 1.82) is 0 Å². The van der Waals surface area contributed by atoms with Gasteiger partial charge in [0.1, 0.15) is 23.6 Å². The second kappa shape index (κ2) is 6.13. The van der Waals surface area contributed by atoms with Crippen molar-refractivity contribution in [2.45, 2.75) is 13.5 Å². The van der Waals surface area contributed by atoms with Crippen molar-refractivity contribution in [3.05, 3.63) is 54.4 Å². The number of aryl methyl sites for hydroxylation is 1. The number of hydrogen-bond acceptors (Lipinski definition) is 7. The van der Waals surface area contributed by atoms with Crippen LogP contribution in [0.4, 0.5) is 23.1 Å². The van der Waals surface area contributed by atoms with Gasteiger partial charge in [0.15, 0.2) is 11.6 Å². The fraction of sp³-hybridized carbons (Fsp3) is 0.133. The van der Waals surface area contributed by atoms with Crippen LogP contribution >= 0.6 is 0 Å². The van der Waals surface area contributed by atoms with E-state index < -0.39 is 0 Å². The van der Waals surface area contributed by atoms with Gasteiger partial charge in [-0.1, -0.05) is 6.07 Å². The van der Waals surface area contributed by atoms with Crippen LogP contribution in [-0.2, 0) is 6.54 Å². The van der Waals surface area contributed by atoms with Crippen LogP contribution in [-0.4, -0.2) is 15.0 Å². The second-order valence-electron chi connectivity index (χ2n) is 4.71. The monoisotopic (exact) mass is 296 g/mol. The molecule has 0 radical (unpaired) electrons. The highest BCUT2D eigenvalue weighted by molar-refractivity contribution is 5.77. The number of nitrogens with one attached hydrogen (secondary N) is 2. The quantitative estimate of drug-likeness (QED) is 0.665. The Bertz CT molecular complexity index is 756. The first kappa shape index (κ1) is 13.9. The summed E-state index contributed by atoms with van der Waals surface area (Å²) < 4.78 is 5.26. The first-order chi connectivity index (χ1) is 10.7. The SMILES string of the molecule is Cc1cccnc1Nc1ncnc(NCc2ccco2)c1N. The van der Waals surface area contributed by atoms with Gasteiger partial charge in [-0.25, -0.2) is 15.0 Å². The summed E-state index contributed by atoms with van der Waals surface area (Å²) in [6.07, 6.45) is 4.78. The van der Waals surface area contributed by atoms with Gasteiger partial charge in [-0.05, 0) is 30.7 Å². The Hall–Kier alpha value is -3.09. The second-order valence-corrected chi connectivity index (χ2v) is 4.71. The molecule has 3 aromatic rings. The molecule has 0 aliphatic carbocycles. The normalized spacial score (nSPS) is 10.4. The van der Waals surface area contributed by atoms with Gasteiger partial charge in [-0.3, -0.25) is 0 Å². The minimum atomic E-state index is 0.430. The molecular weight excluding hydrogens is 280 g/mol. The molecule has 22 heavy (non-hydrogen) atoms. The van der Waals surface area contributed by atoms with E-state index in [1.807, 2.05) is 31.2 Å². The zero-order chi connectivity index (χ0) is 15.4. The van der Waals surface area contributed by atoms with Gasteiger partial charge in [0.25, 0.3) is 0 Å². The van der Waals surface area contributed by atoms with E-state index >= 15 is 0 Å². The molecule has 4 N–H and O–H groups in total. The number of anilines is 4. The van der Waals surface area contributed by atoms with E-state index in [9.17, 15) is 0 Å². The zero-order valence-corrected chi connectivity index (χ0v) is 12.1. The maximum absolute atomic E-state index is 6.11. The lowest BCUT2D eigenvalue weighted by molar-refractivity contribution is 0.518. The predicted octanol–water partition coefficient (Wildman–Crippen LogP) is 2.71. The van der Waals surface area contributed by atoms with E-state index in [0.29, 0.717) is 29.7 Å². The largest absolute Gasteiger partial charge is 0.467 e. The molecule has 0 aliphatic heterocycles. The van der Waals surface area contributed by atoms with E-state index in [0.717, 1.165) is 11.3 Å². The van der Waals surface area contributed by atoms with Gasteiger partial charge in [0, 0.05) is 6.20 Å². The minimum absolute atomic E-state index is 0.430. The highest BCUT2D eigenvalue weighted by Gasteiger charge is 2.10. The van der Waals surface area contributed by atoms with Crippen LogP contribution in [0, 0.1) is 6.92 Å². The molecule has 7 heteroatoms. The molecular formula is C15H16N6O. The summed E-state index contributed by atoms with van der Waals surface area (Å²) in [7, 11) is 0. The number of nitrogens with two attached hydrogens (primary N) is 1. The molecule has 3 rings (SSSR count). The number of furan rings is 1. The average Bonchev–Trinajstić information content (AvgIpc) is 3.04. The van der Waals surface area contributed by atoms with Crippen molar-refractivity contribution in [3.63, 3.8) is 0 Å². The number of nitrogens with zero attached hydrogens (tertiary/aromatic N) is 3. The summed E-state index contributed by atoms with van der Waals surface area (Å²) in [6.45, 7) is 2.46. The molecule has 0 spiro atoms.